The van der Waals surface area contributed by atoms with E-state index in [0.717, 1.165) is 39.8 Å². The molecule has 1 aromatic heterocycles. The number of carbonyl (C=O) groups excluding carboxylic acids is 1. The molecule has 1 aliphatic carbocycles. The highest BCUT2D eigenvalue weighted by Gasteiger charge is 2.20. The van der Waals surface area contributed by atoms with Gasteiger partial charge in [-0.05, 0) is 57.5 Å². The Balaban J connectivity index is 1.85. The average Bonchev–Trinajstić information content (AvgIpc) is 3.15. The van der Waals surface area contributed by atoms with Crippen molar-refractivity contribution in [2.24, 2.45) is 0 Å². The van der Waals surface area contributed by atoms with E-state index in [4.69, 9.17) is 0 Å². The quantitative estimate of drug-likeness (QED) is 0.506. The fourth-order valence-electron chi connectivity index (χ4n) is 3.99. The Morgan fingerprint density at radius 3 is 2.52 bits per heavy atom. The zero-order valence-corrected chi connectivity index (χ0v) is 18.8. The second-order valence-electron chi connectivity index (χ2n) is 7.76. The number of halogens is 1. The second-order valence-corrected chi connectivity index (χ2v) is 8.68. The molecule has 6 nitrogen and oxygen atoms in total. The third-order valence-electron chi connectivity index (χ3n) is 5.45. The molecule has 2 aromatic rings. The number of carbonyl (C=O) groups is 1. The third-order valence-corrected chi connectivity index (χ3v) is 5.91. The normalized spacial score (nSPS) is 14.2. The van der Waals surface area contributed by atoms with Crippen molar-refractivity contribution in [2.45, 2.75) is 58.7 Å². The van der Waals surface area contributed by atoms with E-state index in [1.54, 1.807) is 0 Å². The Hall–Kier alpha value is -2.12. The highest BCUT2D eigenvalue weighted by molar-refractivity contribution is 9.10. The molecule has 1 amide bonds. The van der Waals surface area contributed by atoms with Crippen LogP contribution in [0.15, 0.2) is 27.5 Å². The maximum absolute atomic E-state index is 13.0. The number of amides is 1. The summed E-state index contributed by atoms with van der Waals surface area (Å²) in [7, 11) is 1.87. The molecule has 0 aliphatic heterocycles. The van der Waals surface area contributed by atoms with E-state index in [2.05, 4.69) is 36.9 Å². The summed E-state index contributed by atoms with van der Waals surface area (Å²) < 4.78 is 0.854. The molecule has 0 radical (unpaired) electrons. The molecular weight excluding hydrogens is 432 g/mol. The maximum Gasteiger partial charge on any atom is 0.253 e. The van der Waals surface area contributed by atoms with Crippen molar-refractivity contribution in [3.8, 4) is 0 Å². The van der Waals surface area contributed by atoms with E-state index >= 15 is 0 Å². The molecule has 29 heavy (non-hydrogen) atoms. The number of benzene rings is 1. The fourth-order valence-corrected chi connectivity index (χ4v) is 4.45. The fraction of sp³-hybridized carbons (Fsp3) is 0.455. The molecule has 0 spiro atoms. The predicted molar refractivity (Wildman–Crippen MR) is 120 cm³/mol. The van der Waals surface area contributed by atoms with Crippen LogP contribution in [0.4, 0.5) is 5.69 Å². The van der Waals surface area contributed by atoms with E-state index in [0.29, 0.717) is 23.7 Å². The first-order chi connectivity index (χ1) is 13.9. The maximum atomic E-state index is 13.0. The number of aromatic nitrogens is 1. The number of hydrogen-bond acceptors (Lipinski definition) is 4. The lowest BCUT2D eigenvalue weighted by Crippen LogP contribution is -2.29. The van der Waals surface area contributed by atoms with Gasteiger partial charge in [0.05, 0.1) is 0 Å². The van der Waals surface area contributed by atoms with Crippen molar-refractivity contribution in [1.82, 2.24) is 15.6 Å². The van der Waals surface area contributed by atoms with Crippen molar-refractivity contribution >= 4 is 27.5 Å². The van der Waals surface area contributed by atoms with Gasteiger partial charge in [-0.3, -0.25) is 9.59 Å². The van der Waals surface area contributed by atoms with Crippen molar-refractivity contribution in [3.63, 3.8) is 0 Å². The molecule has 1 saturated carbocycles. The van der Waals surface area contributed by atoms with Crippen molar-refractivity contribution in [1.29, 1.82) is 0 Å². The molecule has 1 heterocycles. The van der Waals surface area contributed by atoms with Crippen LogP contribution >= 0.6 is 15.9 Å². The summed E-state index contributed by atoms with van der Waals surface area (Å²) in [5.41, 5.74) is 4.64. The molecule has 4 N–H and O–H groups in total. The van der Waals surface area contributed by atoms with E-state index < -0.39 is 0 Å². The molecule has 0 unspecified atom stereocenters. The van der Waals surface area contributed by atoms with Crippen LogP contribution in [-0.4, -0.2) is 24.0 Å². The predicted octanol–water partition coefficient (Wildman–Crippen LogP) is 3.76. The first-order valence-electron chi connectivity index (χ1n) is 10.1. The standard InChI is InChI=1S/C22H29BrN4O2/c1-13-8-14(2)26-22(29)18(13)12-25-21(28)17-9-15(23)10-20(19(17)11-24-3)27-16-6-4-5-7-16/h8-10,16,24,27H,4-7,11-12H2,1-3H3,(H,25,28)(H,26,29). The van der Waals surface area contributed by atoms with E-state index in [1.807, 2.05) is 39.1 Å². The van der Waals surface area contributed by atoms with Crippen LogP contribution in [0, 0.1) is 13.8 Å². The van der Waals surface area contributed by atoms with Gasteiger partial charge in [-0.1, -0.05) is 28.8 Å². The molecule has 1 fully saturated rings. The number of pyridine rings is 1. The van der Waals surface area contributed by atoms with Crippen LogP contribution < -0.4 is 21.5 Å². The highest BCUT2D eigenvalue weighted by atomic mass is 79.9. The Morgan fingerprint density at radius 1 is 1.14 bits per heavy atom. The van der Waals surface area contributed by atoms with Gasteiger partial charge in [0, 0.05) is 51.7 Å². The summed E-state index contributed by atoms with van der Waals surface area (Å²) >= 11 is 3.55. The van der Waals surface area contributed by atoms with E-state index in [-0.39, 0.29) is 18.0 Å². The number of H-pyrrole nitrogens is 1. The number of anilines is 1. The number of hydrogen-bond donors (Lipinski definition) is 4. The number of aryl methyl sites for hydroxylation is 2. The molecule has 1 aliphatic rings. The van der Waals surface area contributed by atoms with Crippen LogP contribution in [0.5, 0.6) is 0 Å². The van der Waals surface area contributed by atoms with Crippen LogP contribution in [0.25, 0.3) is 0 Å². The van der Waals surface area contributed by atoms with Gasteiger partial charge in [0.25, 0.3) is 11.5 Å². The van der Waals surface area contributed by atoms with Crippen molar-refractivity contribution in [2.75, 3.05) is 12.4 Å². The van der Waals surface area contributed by atoms with Crippen LogP contribution in [-0.2, 0) is 13.1 Å². The Morgan fingerprint density at radius 2 is 1.86 bits per heavy atom. The first-order valence-corrected chi connectivity index (χ1v) is 10.9. The minimum atomic E-state index is -0.189. The van der Waals surface area contributed by atoms with Crippen LogP contribution in [0.2, 0.25) is 0 Å². The number of rotatable bonds is 7. The Kier molecular flexibility index (Phi) is 7.14. The van der Waals surface area contributed by atoms with Crippen molar-refractivity contribution < 1.29 is 4.79 Å². The van der Waals surface area contributed by atoms with Gasteiger partial charge in [-0.15, -0.1) is 0 Å². The summed E-state index contributed by atoms with van der Waals surface area (Å²) in [5.74, 6) is -0.189. The molecular formula is C22H29BrN4O2. The largest absolute Gasteiger partial charge is 0.382 e. The summed E-state index contributed by atoms with van der Waals surface area (Å²) in [6, 6.07) is 6.24. The van der Waals surface area contributed by atoms with Gasteiger partial charge in [0.1, 0.15) is 0 Å². The lowest BCUT2D eigenvalue weighted by Gasteiger charge is -2.20. The Bertz CT molecular complexity index is 949. The van der Waals surface area contributed by atoms with Crippen LogP contribution in [0.3, 0.4) is 0 Å². The molecule has 1 aromatic carbocycles. The van der Waals surface area contributed by atoms with Gasteiger partial charge >= 0.3 is 0 Å². The molecule has 0 bridgehead atoms. The molecule has 156 valence electrons. The van der Waals surface area contributed by atoms with Gasteiger partial charge in [-0.25, -0.2) is 0 Å². The minimum Gasteiger partial charge on any atom is -0.382 e. The van der Waals surface area contributed by atoms with Gasteiger partial charge < -0.3 is 20.9 Å². The molecule has 0 saturated heterocycles. The zero-order chi connectivity index (χ0) is 21.0. The number of nitrogens with one attached hydrogen (secondary N) is 4. The van der Waals surface area contributed by atoms with Crippen molar-refractivity contribution in [3.05, 3.63) is 61.0 Å². The van der Waals surface area contributed by atoms with Gasteiger partial charge in [0.15, 0.2) is 0 Å². The molecule has 3 rings (SSSR count). The first kappa shape index (κ1) is 21.6. The summed E-state index contributed by atoms with van der Waals surface area (Å²) in [6.45, 7) is 4.51. The zero-order valence-electron chi connectivity index (χ0n) is 17.2. The summed E-state index contributed by atoms with van der Waals surface area (Å²) in [6.07, 6.45) is 4.79. The second kappa shape index (κ2) is 9.59. The molecule has 0 atom stereocenters. The lowest BCUT2D eigenvalue weighted by atomic mass is 10.0. The van der Waals surface area contributed by atoms with Gasteiger partial charge in [-0.2, -0.15) is 0 Å². The minimum absolute atomic E-state index is 0.156. The lowest BCUT2D eigenvalue weighted by molar-refractivity contribution is 0.0949. The topological polar surface area (TPSA) is 86.0 Å². The van der Waals surface area contributed by atoms with Gasteiger partial charge in [0.2, 0.25) is 0 Å². The van der Waals surface area contributed by atoms with E-state index in [9.17, 15) is 9.59 Å². The summed E-state index contributed by atoms with van der Waals surface area (Å²) in [5, 5.41) is 9.72. The monoisotopic (exact) mass is 460 g/mol. The SMILES string of the molecule is CNCc1c(NC2CCCC2)cc(Br)cc1C(=O)NCc1c(C)cc(C)[nH]c1=O. The highest BCUT2D eigenvalue weighted by Crippen LogP contribution is 2.30. The Labute approximate surface area is 180 Å². The smallest absolute Gasteiger partial charge is 0.253 e. The van der Waals surface area contributed by atoms with Crippen LogP contribution in [0.1, 0.15) is 58.4 Å². The average molecular weight is 461 g/mol. The molecule has 7 heteroatoms. The summed E-state index contributed by atoms with van der Waals surface area (Å²) in [4.78, 5) is 28.1. The van der Waals surface area contributed by atoms with E-state index in [1.165, 1.54) is 12.8 Å². The third kappa shape index (κ3) is 5.28. The number of aromatic amines is 1.